The molecule has 0 atom stereocenters. The highest BCUT2D eigenvalue weighted by Gasteiger charge is 2.34. The van der Waals surface area contributed by atoms with Gasteiger partial charge in [-0.25, -0.2) is 4.68 Å². The highest BCUT2D eigenvalue weighted by molar-refractivity contribution is 6.17. The molecule has 0 spiro atoms. The van der Waals surface area contributed by atoms with Gasteiger partial charge < -0.3 is 5.84 Å². The molecule has 0 aliphatic carbocycles. The number of nitrogens with one attached hydrogen (secondary N) is 1. The van der Waals surface area contributed by atoms with Crippen LogP contribution in [0.4, 0.5) is 0 Å². The van der Waals surface area contributed by atoms with Crippen molar-refractivity contribution in [2.24, 2.45) is 0 Å². The maximum absolute atomic E-state index is 9.62. The van der Waals surface area contributed by atoms with Crippen molar-refractivity contribution < 1.29 is 4.68 Å². The summed E-state index contributed by atoms with van der Waals surface area (Å²) >= 11 is 0. The van der Waals surface area contributed by atoms with E-state index in [2.05, 4.69) is 94.1 Å². The Bertz CT molecular complexity index is 1440. The Morgan fingerprint density at radius 3 is 1.35 bits per heavy atom. The van der Waals surface area contributed by atoms with Gasteiger partial charge in [-0.2, -0.15) is 0 Å². The van der Waals surface area contributed by atoms with E-state index in [1.807, 2.05) is 0 Å². The fraction of sp³-hybridized carbons (Fsp3) is 0.642. The van der Waals surface area contributed by atoms with Gasteiger partial charge in [0.25, 0.3) is 0 Å². The Labute approximate surface area is 340 Å². The van der Waals surface area contributed by atoms with Crippen LogP contribution in [0.3, 0.4) is 0 Å². The normalized spacial score (nSPS) is 13.6. The second-order valence-corrected chi connectivity index (χ2v) is 16.5. The summed E-state index contributed by atoms with van der Waals surface area (Å²) in [6, 6.07) is 18.1. The Balaban J connectivity index is 1.63. The van der Waals surface area contributed by atoms with Crippen molar-refractivity contribution >= 4 is 11.4 Å². The number of rotatable bonds is 31. The molecule has 0 radical (unpaired) electrons. The second-order valence-electron chi connectivity index (χ2n) is 16.5. The predicted octanol–water partition coefficient (Wildman–Crippen LogP) is 16.9. The van der Waals surface area contributed by atoms with Crippen molar-refractivity contribution in [2.75, 3.05) is 0 Å². The van der Waals surface area contributed by atoms with Crippen molar-refractivity contribution in [2.45, 2.75) is 220 Å². The summed E-state index contributed by atoms with van der Waals surface area (Å²) < 4.78 is 1.71. The molecular weight excluding hydrogens is 665 g/mol. The van der Waals surface area contributed by atoms with Gasteiger partial charge in [0.2, 0.25) is 11.4 Å². The highest BCUT2D eigenvalue weighted by Crippen LogP contribution is 2.35. The molecule has 1 N–H and O–H groups in total. The van der Waals surface area contributed by atoms with Gasteiger partial charge in [0.05, 0.1) is 5.57 Å². The van der Waals surface area contributed by atoms with E-state index in [-0.39, 0.29) is 0 Å². The van der Waals surface area contributed by atoms with E-state index in [0.29, 0.717) is 0 Å². The fourth-order valence-corrected chi connectivity index (χ4v) is 8.02. The molecule has 1 aliphatic heterocycles. The van der Waals surface area contributed by atoms with Crippen molar-refractivity contribution in [3.8, 4) is 11.8 Å². The molecular formula is C53H82N2. The first-order chi connectivity index (χ1) is 27.1. The Kier molecular flexibility index (Phi) is 25.4. The minimum Gasteiger partial charge on any atom is -0.448 e. The van der Waals surface area contributed by atoms with Gasteiger partial charge in [-0.3, -0.25) is 0 Å². The lowest BCUT2D eigenvalue weighted by molar-refractivity contribution is -0.347. The largest absolute Gasteiger partial charge is 0.448 e. The van der Waals surface area contributed by atoms with Crippen LogP contribution in [0, 0.1) is 11.8 Å². The van der Waals surface area contributed by atoms with Gasteiger partial charge in [-0.15, -0.1) is 0 Å². The molecule has 3 rings (SSSR count). The summed E-state index contributed by atoms with van der Waals surface area (Å²) in [5, 5.41) is 0. The standard InChI is InChI=1S/C53H82N2/c1-5-9-13-15-16-17-18-19-20-21-22-23-24-25-26-27-28-29-33-37-51-50(36-32-14-10-6-2)52(48-42-38-46(39-43-48)34-30-11-7-3)55(54)53(51)49-44-40-47(41-45-49)35-31-12-8-4/h36,38-45,54H,5-32,34-35H2,1-4H3. The molecule has 0 saturated carbocycles. The number of unbranched alkanes of at least 4 members (excludes halogenated alkanes) is 24. The van der Waals surface area contributed by atoms with E-state index in [1.165, 1.54) is 172 Å². The van der Waals surface area contributed by atoms with Crippen molar-refractivity contribution in [1.29, 1.82) is 0 Å². The lowest BCUT2D eigenvalue weighted by Gasteiger charge is -2.09. The molecule has 0 bridgehead atoms. The smallest absolute Gasteiger partial charge is 0.225 e. The summed E-state index contributed by atoms with van der Waals surface area (Å²) in [6.07, 6.45) is 41.4. The molecule has 2 aromatic rings. The zero-order valence-corrected chi connectivity index (χ0v) is 36.4. The summed E-state index contributed by atoms with van der Waals surface area (Å²) in [5.74, 6) is 16.9. The molecule has 55 heavy (non-hydrogen) atoms. The summed E-state index contributed by atoms with van der Waals surface area (Å²) in [6.45, 7) is 9.11. The summed E-state index contributed by atoms with van der Waals surface area (Å²) in [5.41, 5.74) is 9.12. The van der Waals surface area contributed by atoms with E-state index in [0.717, 1.165) is 65.8 Å². The topological polar surface area (TPSA) is 26.8 Å². The van der Waals surface area contributed by atoms with Crippen LogP contribution < -0.4 is 0 Å². The fourth-order valence-electron chi connectivity index (χ4n) is 8.02. The van der Waals surface area contributed by atoms with Crippen LogP contribution in [-0.2, 0) is 12.8 Å². The Morgan fingerprint density at radius 2 is 0.873 bits per heavy atom. The van der Waals surface area contributed by atoms with Crippen LogP contribution >= 0.6 is 0 Å². The average Bonchev–Trinajstić information content (AvgIpc) is 3.48. The van der Waals surface area contributed by atoms with Crippen LogP contribution in [0.1, 0.15) is 230 Å². The molecule has 1 aliphatic rings. The Morgan fingerprint density at radius 1 is 0.473 bits per heavy atom. The van der Waals surface area contributed by atoms with Crippen molar-refractivity contribution in [3.63, 3.8) is 0 Å². The van der Waals surface area contributed by atoms with E-state index in [1.54, 1.807) is 4.68 Å². The summed E-state index contributed by atoms with van der Waals surface area (Å²) in [4.78, 5) is 0. The number of aryl methyl sites for hydroxylation is 2. The second kappa shape index (κ2) is 30.1. The van der Waals surface area contributed by atoms with Gasteiger partial charge in [-0.1, -0.05) is 211 Å². The monoisotopic (exact) mass is 747 g/mol. The first-order valence-electron chi connectivity index (χ1n) is 23.6. The predicted molar refractivity (Wildman–Crippen MR) is 244 cm³/mol. The number of benzene rings is 2. The first-order valence-corrected chi connectivity index (χ1v) is 23.6. The van der Waals surface area contributed by atoms with Crippen molar-refractivity contribution in [1.82, 2.24) is 0 Å². The van der Waals surface area contributed by atoms with Gasteiger partial charge >= 0.3 is 0 Å². The maximum atomic E-state index is 9.62. The summed E-state index contributed by atoms with van der Waals surface area (Å²) in [7, 11) is 0. The Hall–Kier alpha value is -3.05. The molecule has 304 valence electrons. The number of hydrogen-bond acceptors (Lipinski definition) is 0. The third-order valence-corrected chi connectivity index (χ3v) is 11.6. The molecule has 2 aromatic carbocycles. The SMILES string of the molecule is CCCCCC=C1C(C#CCCCCCCCCCCCCCCCCCCC)=C(c2ccc(CCCCC)cc2)[N+]([NH-])=C1c1ccc(CCCCC)cc1. The van der Waals surface area contributed by atoms with Gasteiger partial charge in [0, 0.05) is 17.5 Å². The van der Waals surface area contributed by atoms with E-state index in [9.17, 15) is 5.84 Å². The molecule has 0 fully saturated rings. The molecule has 0 amide bonds. The molecule has 2 nitrogen and oxygen atoms in total. The van der Waals surface area contributed by atoms with E-state index >= 15 is 0 Å². The number of nitrogens with zero attached hydrogens (tertiary/aromatic N) is 1. The molecule has 2 heteroatoms. The van der Waals surface area contributed by atoms with Crippen LogP contribution in [0.2, 0.25) is 0 Å². The maximum Gasteiger partial charge on any atom is 0.225 e. The van der Waals surface area contributed by atoms with Gasteiger partial charge in [-0.05, 0) is 80.3 Å². The lowest BCUT2D eigenvalue weighted by atomic mass is 9.93. The first kappa shape index (κ1) is 46.3. The number of allylic oxidation sites excluding steroid dienone is 3. The zero-order chi connectivity index (χ0) is 39.2. The van der Waals surface area contributed by atoms with E-state index in [4.69, 9.17) is 0 Å². The zero-order valence-electron chi connectivity index (χ0n) is 36.4. The number of hydrogen-bond donors (Lipinski definition) is 0. The van der Waals surface area contributed by atoms with Crippen LogP contribution in [0.25, 0.3) is 11.5 Å². The van der Waals surface area contributed by atoms with Crippen LogP contribution in [0.15, 0.2) is 65.8 Å². The molecule has 1 heterocycles. The quantitative estimate of drug-likeness (QED) is 0.0417. The molecule has 0 aromatic heterocycles. The molecule has 0 saturated heterocycles. The minimum absolute atomic E-state index is 0.925. The van der Waals surface area contributed by atoms with Gasteiger partial charge in [0.15, 0.2) is 0 Å². The van der Waals surface area contributed by atoms with Crippen LogP contribution in [-0.4, -0.2) is 10.4 Å². The average molecular weight is 747 g/mol. The molecule has 0 unspecified atom stereocenters. The highest BCUT2D eigenvalue weighted by atomic mass is 15.3. The van der Waals surface area contributed by atoms with Crippen molar-refractivity contribution in [3.05, 3.63) is 93.8 Å². The third kappa shape index (κ3) is 18.2. The van der Waals surface area contributed by atoms with Crippen LogP contribution in [0.5, 0.6) is 0 Å². The minimum atomic E-state index is 0.925. The van der Waals surface area contributed by atoms with Gasteiger partial charge in [0.1, 0.15) is 5.57 Å². The van der Waals surface area contributed by atoms with E-state index < -0.39 is 0 Å². The lowest BCUT2D eigenvalue weighted by Crippen LogP contribution is -2.11. The third-order valence-electron chi connectivity index (χ3n) is 11.6.